The van der Waals surface area contributed by atoms with Crippen molar-refractivity contribution in [2.24, 2.45) is 27.9 Å². The number of benzene rings is 2. The monoisotopic (exact) mass is 368 g/mol. The van der Waals surface area contributed by atoms with Gasteiger partial charge in [0.1, 0.15) is 6.04 Å². The zero-order valence-corrected chi connectivity index (χ0v) is 14.8. The lowest BCUT2D eigenvalue weighted by molar-refractivity contribution is -0.128. The summed E-state index contributed by atoms with van der Waals surface area (Å²) in [5.41, 5.74) is 24.4. The molecular weight excluding hydrogens is 344 g/mol. The summed E-state index contributed by atoms with van der Waals surface area (Å²) in [5, 5.41) is 2.63. The summed E-state index contributed by atoms with van der Waals surface area (Å²) in [6.45, 7) is 0. The molecule has 2 aromatic rings. The first-order valence-electron chi connectivity index (χ1n) is 8.43. The quantitative estimate of drug-likeness (QED) is 0.318. The van der Waals surface area contributed by atoms with Crippen molar-refractivity contribution in [2.75, 3.05) is 0 Å². The standard InChI is InChI=1S/C19H24N6O2/c20-15(10-13-6-8-14(9-7-13)24-19(22)23)18(27)25-16(17(21)26)11-12-4-2-1-3-5-12/h1-9,15-16H,10-11,20H2,(H2,21,26)(H,25,27)(H4,22,23,24)/t15-,16+/m1/s1. The van der Waals surface area contributed by atoms with Crippen molar-refractivity contribution in [1.82, 2.24) is 5.32 Å². The summed E-state index contributed by atoms with van der Waals surface area (Å²) in [7, 11) is 0. The molecule has 0 aliphatic rings. The molecule has 0 saturated carbocycles. The zero-order valence-electron chi connectivity index (χ0n) is 14.8. The Balaban J connectivity index is 1.96. The highest BCUT2D eigenvalue weighted by molar-refractivity contribution is 5.89. The van der Waals surface area contributed by atoms with E-state index in [1.54, 1.807) is 24.3 Å². The SMILES string of the molecule is NC(=O)[C@H](Cc1ccccc1)NC(=O)[C@H](N)Cc1ccc(N=C(N)N)cc1. The minimum absolute atomic E-state index is 0.0326. The molecular formula is C19H24N6O2. The fraction of sp³-hybridized carbons (Fsp3) is 0.211. The van der Waals surface area contributed by atoms with E-state index in [-0.39, 0.29) is 5.96 Å². The van der Waals surface area contributed by atoms with Crippen LogP contribution in [0.3, 0.4) is 0 Å². The van der Waals surface area contributed by atoms with Gasteiger partial charge in [-0.2, -0.15) is 0 Å². The van der Waals surface area contributed by atoms with E-state index in [0.29, 0.717) is 18.5 Å². The summed E-state index contributed by atoms with van der Waals surface area (Å²) >= 11 is 0. The molecule has 2 aromatic carbocycles. The maximum Gasteiger partial charge on any atom is 0.240 e. The molecule has 0 heterocycles. The van der Waals surface area contributed by atoms with Gasteiger partial charge in [-0.05, 0) is 29.7 Å². The van der Waals surface area contributed by atoms with Crippen LogP contribution in [0.25, 0.3) is 0 Å². The molecule has 0 unspecified atom stereocenters. The number of aliphatic imine (C=N–C) groups is 1. The molecule has 0 aliphatic heterocycles. The molecule has 0 aliphatic carbocycles. The van der Waals surface area contributed by atoms with Crippen LogP contribution >= 0.6 is 0 Å². The van der Waals surface area contributed by atoms with Crippen LogP contribution in [0.5, 0.6) is 0 Å². The molecule has 0 spiro atoms. The number of hydrogen-bond donors (Lipinski definition) is 5. The number of carbonyl (C=O) groups excluding carboxylic acids is 2. The van der Waals surface area contributed by atoms with Gasteiger partial charge in [-0.15, -0.1) is 0 Å². The van der Waals surface area contributed by atoms with Gasteiger partial charge in [-0.1, -0.05) is 42.5 Å². The Morgan fingerprint density at radius 3 is 2.04 bits per heavy atom. The van der Waals surface area contributed by atoms with Crippen LogP contribution in [0.15, 0.2) is 59.6 Å². The van der Waals surface area contributed by atoms with Crippen LogP contribution in [0.4, 0.5) is 5.69 Å². The fourth-order valence-corrected chi connectivity index (χ4v) is 2.55. The summed E-state index contributed by atoms with van der Waals surface area (Å²) < 4.78 is 0. The summed E-state index contributed by atoms with van der Waals surface area (Å²) in [6, 6.07) is 14.7. The Labute approximate surface area is 157 Å². The van der Waals surface area contributed by atoms with Crippen molar-refractivity contribution in [2.45, 2.75) is 24.9 Å². The fourth-order valence-electron chi connectivity index (χ4n) is 2.55. The van der Waals surface area contributed by atoms with Gasteiger partial charge in [0.25, 0.3) is 0 Å². The molecule has 2 rings (SSSR count). The van der Waals surface area contributed by atoms with E-state index in [4.69, 9.17) is 22.9 Å². The Bertz CT molecular complexity index is 801. The molecule has 9 N–H and O–H groups in total. The van der Waals surface area contributed by atoms with Crippen LogP contribution in [-0.2, 0) is 22.4 Å². The van der Waals surface area contributed by atoms with E-state index in [2.05, 4.69) is 10.3 Å². The minimum atomic E-state index is -0.824. The predicted octanol–water partition coefficient (Wildman–Crippen LogP) is -0.326. The van der Waals surface area contributed by atoms with Gasteiger partial charge >= 0.3 is 0 Å². The number of carbonyl (C=O) groups is 2. The van der Waals surface area contributed by atoms with E-state index >= 15 is 0 Å². The number of rotatable bonds is 8. The number of nitrogens with one attached hydrogen (secondary N) is 1. The molecule has 0 aromatic heterocycles. The third-order valence-corrected chi connectivity index (χ3v) is 3.93. The van der Waals surface area contributed by atoms with E-state index in [1.807, 2.05) is 30.3 Å². The van der Waals surface area contributed by atoms with Gasteiger partial charge in [-0.3, -0.25) is 9.59 Å². The second-order valence-corrected chi connectivity index (χ2v) is 6.17. The van der Waals surface area contributed by atoms with E-state index in [1.165, 1.54) is 0 Å². The smallest absolute Gasteiger partial charge is 0.240 e. The average molecular weight is 368 g/mol. The molecule has 27 heavy (non-hydrogen) atoms. The highest BCUT2D eigenvalue weighted by Crippen LogP contribution is 2.13. The lowest BCUT2D eigenvalue weighted by atomic mass is 10.0. The van der Waals surface area contributed by atoms with Crippen molar-refractivity contribution < 1.29 is 9.59 Å². The van der Waals surface area contributed by atoms with Gasteiger partial charge in [0, 0.05) is 6.42 Å². The first-order chi connectivity index (χ1) is 12.8. The molecule has 8 nitrogen and oxygen atoms in total. The highest BCUT2D eigenvalue weighted by Gasteiger charge is 2.22. The molecule has 0 fully saturated rings. The Morgan fingerprint density at radius 2 is 1.48 bits per heavy atom. The van der Waals surface area contributed by atoms with Crippen LogP contribution in [0.1, 0.15) is 11.1 Å². The second-order valence-electron chi connectivity index (χ2n) is 6.17. The Kier molecular flexibility index (Phi) is 6.90. The lowest BCUT2D eigenvalue weighted by Crippen LogP contribution is -2.51. The van der Waals surface area contributed by atoms with Crippen molar-refractivity contribution in [3.8, 4) is 0 Å². The third-order valence-electron chi connectivity index (χ3n) is 3.93. The molecule has 0 saturated heterocycles. The molecule has 2 amide bonds. The Hall–Kier alpha value is -3.39. The van der Waals surface area contributed by atoms with Gasteiger partial charge in [0.15, 0.2) is 5.96 Å². The van der Waals surface area contributed by atoms with Crippen LogP contribution < -0.4 is 28.3 Å². The predicted molar refractivity (Wildman–Crippen MR) is 105 cm³/mol. The van der Waals surface area contributed by atoms with Crippen LogP contribution in [0, 0.1) is 0 Å². The molecule has 0 bridgehead atoms. The zero-order chi connectivity index (χ0) is 19.8. The maximum absolute atomic E-state index is 12.4. The number of guanidine groups is 1. The van der Waals surface area contributed by atoms with E-state index < -0.39 is 23.9 Å². The normalized spacial score (nSPS) is 12.6. The second kappa shape index (κ2) is 9.35. The van der Waals surface area contributed by atoms with Gasteiger partial charge in [0.05, 0.1) is 11.7 Å². The van der Waals surface area contributed by atoms with Gasteiger partial charge < -0.3 is 28.3 Å². The average Bonchev–Trinajstić information content (AvgIpc) is 2.63. The van der Waals surface area contributed by atoms with Gasteiger partial charge in [0.2, 0.25) is 11.8 Å². The number of primary amides is 1. The lowest BCUT2D eigenvalue weighted by Gasteiger charge is -2.19. The summed E-state index contributed by atoms with van der Waals surface area (Å²) in [4.78, 5) is 28.0. The maximum atomic E-state index is 12.4. The Morgan fingerprint density at radius 1 is 0.889 bits per heavy atom. The van der Waals surface area contributed by atoms with E-state index in [9.17, 15) is 9.59 Å². The largest absolute Gasteiger partial charge is 0.370 e. The number of nitrogens with zero attached hydrogens (tertiary/aromatic N) is 1. The number of hydrogen-bond acceptors (Lipinski definition) is 4. The van der Waals surface area contributed by atoms with Crippen molar-refractivity contribution in [1.29, 1.82) is 0 Å². The van der Waals surface area contributed by atoms with Crippen molar-refractivity contribution >= 4 is 23.5 Å². The molecule has 8 heteroatoms. The summed E-state index contributed by atoms with van der Waals surface area (Å²) in [5.74, 6) is -1.08. The topological polar surface area (TPSA) is 163 Å². The number of amides is 2. The van der Waals surface area contributed by atoms with Gasteiger partial charge in [-0.25, -0.2) is 4.99 Å². The van der Waals surface area contributed by atoms with Crippen LogP contribution in [-0.4, -0.2) is 29.9 Å². The molecule has 142 valence electrons. The number of nitrogens with two attached hydrogens (primary N) is 4. The van der Waals surface area contributed by atoms with Crippen LogP contribution in [0.2, 0.25) is 0 Å². The first-order valence-corrected chi connectivity index (χ1v) is 8.43. The summed E-state index contributed by atoms with van der Waals surface area (Å²) in [6.07, 6.45) is 0.604. The van der Waals surface area contributed by atoms with E-state index in [0.717, 1.165) is 11.1 Å². The molecule has 0 radical (unpaired) electrons. The minimum Gasteiger partial charge on any atom is -0.370 e. The highest BCUT2D eigenvalue weighted by atomic mass is 16.2. The molecule has 2 atom stereocenters. The van der Waals surface area contributed by atoms with Crippen molar-refractivity contribution in [3.05, 3.63) is 65.7 Å². The third kappa shape index (κ3) is 6.44. The first kappa shape index (κ1) is 19.9. The van der Waals surface area contributed by atoms with Crippen molar-refractivity contribution in [3.63, 3.8) is 0 Å².